The molecule has 10 heteroatoms. The number of pyridine rings is 3. The summed E-state index contributed by atoms with van der Waals surface area (Å²) in [6, 6.07) is 5.24. The van der Waals surface area contributed by atoms with Crippen molar-refractivity contribution in [1.82, 2.24) is 35.1 Å². The molecule has 3 N–H and O–H groups in total. The van der Waals surface area contributed by atoms with Gasteiger partial charge in [-0.05, 0) is 23.6 Å². The molecule has 0 unspecified atom stereocenters. The Kier molecular flexibility index (Phi) is 4.85. The number of carbonyl (C=O) groups is 1. The van der Waals surface area contributed by atoms with E-state index in [2.05, 4.69) is 40.4 Å². The Morgan fingerprint density at radius 2 is 2.00 bits per heavy atom. The van der Waals surface area contributed by atoms with Gasteiger partial charge < -0.3 is 10.3 Å². The van der Waals surface area contributed by atoms with Crippen molar-refractivity contribution in [2.45, 2.75) is 27.2 Å². The quantitative estimate of drug-likeness (QED) is 0.375. The van der Waals surface area contributed by atoms with Crippen LogP contribution in [0.5, 0.6) is 0 Å². The molecule has 0 bridgehead atoms. The molecule has 33 heavy (non-hydrogen) atoms. The number of aromatic nitrogens is 7. The number of aromatic amines is 2. The van der Waals surface area contributed by atoms with Gasteiger partial charge in [-0.25, -0.2) is 14.4 Å². The van der Waals surface area contributed by atoms with Crippen molar-refractivity contribution in [1.29, 1.82) is 0 Å². The molecule has 0 aliphatic heterocycles. The highest BCUT2D eigenvalue weighted by Gasteiger charge is 2.21. The summed E-state index contributed by atoms with van der Waals surface area (Å²) >= 11 is 0. The molecule has 1 amide bonds. The van der Waals surface area contributed by atoms with Crippen LogP contribution in [0.15, 0.2) is 43.0 Å². The number of amides is 1. The highest BCUT2D eigenvalue weighted by atomic mass is 19.1. The maximum absolute atomic E-state index is 15.7. The first kappa shape index (κ1) is 20.7. The smallest absolute Gasteiger partial charge is 0.224 e. The minimum absolute atomic E-state index is 0.0961. The molecule has 0 saturated heterocycles. The summed E-state index contributed by atoms with van der Waals surface area (Å²) in [7, 11) is 0. The summed E-state index contributed by atoms with van der Waals surface area (Å²) in [5.74, 6) is -0.307. The number of carbonyl (C=O) groups excluding carboxylic acids is 1. The monoisotopic (exact) mass is 444 g/mol. The SMILES string of the molecule is CC(C)(C)CC(=O)Nc1cncc(-c2ncc3[nH]nc(-c4nc5cccnc5[nH]4)c3c2F)c1. The first-order chi connectivity index (χ1) is 15.8. The van der Waals surface area contributed by atoms with Crippen LogP contribution in [0.2, 0.25) is 0 Å². The Morgan fingerprint density at radius 3 is 2.79 bits per heavy atom. The van der Waals surface area contributed by atoms with E-state index in [9.17, 15) is 4.79 Å². The molecule has 5 rings (SSSR count). The van der Waals surface area contributed by atoms with Gasteiger partial charge in [0.25, 0.3) is 0 Å². The van der Waals surface area contributed by atoms with Crippen LogP contribution < -0.4 is 5.32 Å². The summed E-state index contributed by atoms with van der Waals surface area (Å²) in [4.78, 5) is 32.5. The predicted octanol–water partition coefficient (Wildman–Crippen LogP) is 4.47. The van der Waals surface area contributed by atoms with E-state index >= 15 is 4.39 Å². The van der Waals surface area contributed by atoms with Crippen molar-refractivity contribution >= 4 is 33.7 Å². The van der Waals surface area contributed by atoms with Gasteiger partial charge in [0.2, 0.25) is 5.91 Å². The topological polar surface area (TPSA) is 125 Å². The average molecular weight is 444 g/mol. The van der Waals surface area contributed by atoms with Crippen LogP contribution in [0.25, 0.3) is 44.8 Å². The largest absolute Gasteiger partial charge is 0.325 e. The second kappa shape index (κ2) is 7.73. The van der Waals surface area contributed by atoms with Crippen LogP contribution in [0.4, 0.5) is 10.1 Å². The van der Waals surface area contributed by atoms with Gasteiger partial charge in [-0.3, -0.25) is 19.9 Å². The minimum Gasteiger partial charge on any atom is -0.325 e. The van der Waals surface area contributed by atoms with Crippen LogP contribution >= 0.6 is 0 Å². The second-order valence-electron chi connectivity index (χ2n) is 8.99. The third kappa shape index (κ3) is 4.02. The Morgan fingerprint density at radius 1 is 1.15 bits per heavy atom. The Balaban J connectivity index is 1.54. The van der Waals surface area contributed by atoms with Gasteiger partial charge in [0.15, 0.2) is 17.3 Å². The number of H-pyrrole nitrogens is 2. The zero-order valence-electron chi connectivity index (χ0n) is 18.3. The Hall–Kier alpha value is -4.21. The van der Waals surface area contributed by atoms with Gasteiger partial charge in [-0.1, -0.05) is 20.8 Å². The zero-order chi connectivity index (χ0) is 23.2. The third-order valence-electron chi connectivity index (χ3n) is 5.01. The van der Waals surface area contributed by atoms with Crippen molar-refractivity contribution < 1.29 is 9.18 Å². The van der Waals surface area contributed by atoms with E-state index in [-0.39, 0.29) is 22.4 Å². The lowest BCUT2D eigenvalue weighted by Gasteiger charge is -2.17. The average Bonchev–Trinajstić information content (AvgIpc) is 3.37. The summed E-state index contributed by atoms with van der Waals surface area (Å²) < 4.78 is 15.7. The van der Waals surface area contributed by atoms with E-state index < -0.39 is 5.82 Å². The first-order valence-electron chi connectivity index (χ1n) is 10.4. The molecule has 0 aliphatic rings. The number of nitrogens with zero attached hydrogens (tertiary/aromatic N) is 5. The molecule has 166 valence electrons. The van der Waals surface area contributed by atoms with Gasteiger partial charge in [-0.2, -0.15) is 5.10 Å². The van der Waals surface area contributed by atoms with Gasteiger partial charge >= 0.3 is 0 Å². The molecule has 0 aliphatic carbocycles. The van der Waals surface area contributed by atoms with E-state index in [1.165, 1.54) is 18.6 Å². The highest BCUT2D eigenvalue weighted by molar-refractivity contribution is 5.95. The molecule has 0 spiro atoms. The molecule has 0 radical (unpaired) electrons. The molecule has 0 fully saturated rings. The fourth-order valence-electron chi connectivity index (χ4n) is 3.63. The molecule has 5 heterocycles. The molecule has 5 aromatic rings. The van der Waals surface area contributed by atoms with Crippen LogP contribution in [0.1, 0.15) is 27.2 Å². The summed E-state index contributed by atoms with van der Waals surface area (Å²) in [6.07, 6.45) is 6.53. The summed E-state index contributed by atoms with van der Waals surface area (Å²) in [5, 5.41) is 10.1. The molecular weight excluding hydrogens is 423 g/mol. The second-order valence-corrected chi connectivity index (χ2v) is 8.99. The lowest BCUT2D eigenvalue weighted by molar-refractivity contribution is -0.117. The highest BCUT2D eigenvalue weighted by Crippen LogP contribution is 2.32. The van der Waals surface area contributed by atoms with Gasteiger partial charge in [0, 0.05) is 24.4 Å². The molecule has 0 aromatic carbocycles. The molecule has 5 aromatic heterocycles. The fraction of sp³-hybridized carbons (Fsp3) is 0.217. The van der Waals surface area contributed by atoms with E-state index in [4.69, 9.17) is 0 Å². The van der Waals surface area contributed by atoms with Gasteiger partial charge in [-0.15, -0.1) is 0 Å². The van der Waals surface area contributed by atoms with Crippen molar-refractivity contribution in [3.63, 3.8) is 0 Å². The number of halogens is 1. The van der Waals surface area contributed by atoms with Crippen LogP contribution in [-0.4, -0.2) is 41.0 Å². The van der Waals surface area contributed by atoms with Crippen LogP contribution in [0, 0.1) is 11.2 Å². The number of imidazole rings is 1. The summed E-state index contributed by atoms with van der Waals surface area (Å²) in [6.45, 7) is 5.95. The Labute approximate surface area is 187 Å². The molecular formula is C23H21FN8O. The van der Waals surface area contributed by atoms with Crippen LogP contribution in [0.3, 0.4) is 0 Å². The lowest BCUT2D eigenvalue weighted by atomic mass is 9.92. The van der Waals surface area contributed by atoms with Crippen molar-refractivity contribution in [3.05, 3.63) is 48.8 Å². The minimum atomic E-state index is -0.565. The fourth-order valence-corrected chi connectivity index (χ4v) is 3.63. The van der Waals surface area contributed by atoms with E-state index in [0.717, 1.165) is 0 Å². The number of nitrogens with one attached hydrogen (secondary N) is 3. The van der Waals surface area contributed by atoms with E-state index in [0.29, 0.717) is 45.9 Å². The maximum Gasteiger partial charge on any atom is 0.224 e. The number of fused-ring (bicyclic) bond motifs is 2. The Bertz CT molecular complexity index is 1460. The maximum atomic E-state index is 15.7. The normalized spacial score (nSPS) is 11.9. The molecule has 9 nitrogen and oxygen atoms in total. The molecule has 0 atom stereocenters. The third-order valence-corrected chi connectivity index (χ3v) is 5.01. The summed E-state index contributed by atoms with van der Waals surface area (Å²) in [5.41, 5.74) is 2.84. The van der Waals surface area contributed by atoms with E-state index in [1.54, 1.807) is 18.3 Å². The van der Waals surface area contributed by atoms with E-state index in [1.807, 2.05) is 26.8 Å². The number of hydrogen-bond acceptors (Lipinski definition) is 6. The number of hydrogen-bond donors (Lipinski definition) is 3. The lowest BCUT2D eigenvalue weighted by Crippen LogP contribution is -2.19. The van der Waals surface area contributed by atoms with Crippen LogP contribution in [-0.2, 0) is 4.79 Å². The van der Waals surface area contributed by atoms with Crippen molar-refractivity contribution in [2.75, 3.05) is 5.32 Å². The molecule has 0 saturated carbocycles. The van der Waals surface area contributed by atoms with Crippen molar-refractivity contribution in [3.8, 4) is 22.8 Å². The van der Waals surface area contributed by atoms with Crippen molar-refractivity contribution in [2.24, 2.45) is 5.41 Å². The zero-order valence-corrected chi connectivity index (χ0v) is 18.3. The number of rotatable bonds is 4. The predicted molar refractivity (Wildman–Crippen MR) is 123 cm³/mol. The first-order valence-corrected chi connectivity index (χ1v) is 10.4. The standard InChI is InChI=1S/C23H21FN8O/c1-23(2,3)8-16(33)28-13-7-12(9-25-10-13)19-18(24)17-15(11-27-19)31-32-20(17)22-29-14-5-4-6-26-21(14)30-22/h4-7,9-11H,8H2,1-3H3,(H,28,33)(H,31,32)(H,26,29,30). The van der Waals surface area contributed by atoms with Gasteiger partial charge in [0.05, 0.1) is 29.0 Å². The number of anilines is 1. The van der Waals surface area contributed by atoms with Gasteiger partial charge in [0.1, 0.15) is 16.9 Å².